The molecule has 0 aliphatic carbocycles. The number of likely N-dealkylation sites (tertiary alicyclic amines) is 1. The zero-order valence-corrected chi connectivity index (χ0v) is 14.3. The Hall–Kier alpha value is -0.910. The molecule has 1 aliphatic rings. The molecule has 2 rings (SSSR count). The fourth-order valence-corrected chi connectivity index (χ4v) is 3.30. The largest absolute Gasteiger partial charge is 0.328 e. The van der Waals surface area contributed by atoms with E-state index in [1.54, 1.807) is 0 Å². The average Bonchev–Trinajstić information content (AvgIpc) is 2.42. The van der Waals surface area contributed by atoms with Crippen LogP contribution in [0.1, 0.15) is 25.3 Å². The summed E-state index contributed by atoms with van der Waals surface area (Å²) in [5, 5.41) is 3.00. The molecule has 1 heterocycles. The molecular formula is C16H24BrN3O. The summed E-state index contributed by atoms with van der Waals surface area (Å²) < 4.78 is 1.02. The van der Waals surface area contributed by atoms with E-state index in [2.05, 4.69) is 33.1 Å². The van der Waals surface area contributed by atoms with Gasteiger partial charge in [0.25, 0.3) is 0 Å². The molecule has 0 aromatic heterocycles. The van der Waals surface area contributed by atoms with Gasteiger partial charge in [0.05, 0.1) is 6.54 Å². The number of hydrogen-bond acceptors (Lipinski definition) is 3. The van der Waals surface area contributed by atoms with Crippen molar-refractivity contribution >= 4 is 27.5 Å². The van der Waals surface area contributed by atoms with Crippen molar-refractivity contribution < 1.29 is 4.79 Å². The van der Waals surface area contributed by atoms with Gasteiger partial charge in [-0.05, 0) is 62.9 Å². The van der Waals surface area contributed by atoms with E-state index in [1.807, 2.05) is 25.1 Å². The first kappa shape index (κ1) is 16.5. The van der Waals surface area contributed by atoms with Crippen LogP contribution >= 0.6 is 15.9 Å². The molecule has 4 nitrogen and oxygen atoms in total. The highest BCUT2D eigenvalue weighted by molar-refractivity contribution is 9.10. The van der Waals surface area contributed by atoms with E-state index in [0.29, 0.717) is 12.5 Å². The van der Waals surface area contributed by atoms with Crippen molar-refractivity contribution in [3.63, 3.8) is 0 Å². The predicted molar refractivity (Wildman–Crippen MR) is 90.3 cm³/mol. The first-order valence-corrected chi connectivity index (χ1v) is 8.29. The summed E-state index contributed by atoms with van der Waals surface area (Å²) in [4.78, 5) is 14.4. The number of rotatable bonds is 4. The van der Waals surface area contributed by atoms with Gasteiger partial charge in [-0.3, -0.25) is 9.69 Å². The van der Waals surface area contributed by atoms with Crippen molar-refractivity contribution in [1.82, 2.24) is 4.90 Å². The molecule has 2 unspecified atom stereocenters. The van der Waals surface area contributed by atoms with Gasteiger partial charge in [-0.1, -0.05) is 15.9 Å². The SMILES string of the molecule is Cc1cc(Br)ccc1NC(=O)CN1CCCC(C(C)N)C1. The first-order chi connectivity index (χ1) is 9.95. The molecule has 0 radical (unpaired) electrons. The lowest BCUT2D eigenvalue weighted by Gasteiger charge is -2.34. The van der Waals surface area contributed by atoms with Crippen LogP contribution in [0.4, 0.5) is 5.69 Å². The summed E-state index contributed by atoms with van der Waals surface area (Å²) in [6.07, 6.45) is 2.29. The maximum absolute atomic E-state index is 12.2. The van der Waals surface area contributed by atoms with Crippen LogP contribution in [0.15, 0.2) is 22.7 Å². The van der Waals surface area contributed by atoms with Crippen molar-refractivity contribution in [1.29, 1.82) is 0 Å². The maximum atomic E-state index is 12.2. The third-order valence-corrected chi connectivity index (χ3v) is 4.61. The summed E-state index contributed by atoms with van der Waals surface area (Å²) in [5.74, 6) is 0.548. The summed E-state index contributed by atoms with van der Waals surface area (Å²) in [6, 6.07) is 6.07. The van der Waals surface area contributed by atoms with Crippen LogP contribution in [0.5, 0.6) is 0 Å². The summed E-state index contributed by atoms with van der Waals surface area (Å²) in [5.41, 5.74) is 7.92. The van der Waals surface area contributed by atoms with E-state index >= 15 is 0 Å². The summed E-state index contributed by atoms with van der Waals surface area (Å²) >= 11 is 3.43. The molecule has 0 bridgehead atoms. The van der Waals surface area contributed by atoms with Crippen LogP contribution in [0, 0.1) is 12.8 Å². The topological polar surface area (TPSA) is 58.4 Å². The third kappa shape index (κ3) is 4.80. The van der Waals surface area contributed by atoms with E-state index < -0.39 is 0 Å². The Morgan fingerprint density at radius 1 is 1.57 bits per heavy atom. The lowest BCUT2D eigenvalue weighted by molar-refractivity contribution is -0.117. The van der Waals surface area contributed by atoms with Gasteiger partial charge in [-0.15, -0.1) is 0 Å². The number of nitrogens with two attached hydrogens (primary N) is 1. The Labute approximate surface area is 135 Å². The molecule has 0 spiro atoms. The Kier molecular flexibility index (Phi) is 5.79. The second kappa shape index (κ2) is 7.38. The minimum absolute atomic E-state index is 0.0470. The maximum Gasteiger partial charge on any atom is 0.238 e. The van der Waals surface area contributed by atoms with Crippen molar-refractivity contribution in [2.45, 2.75) is 32.7 Å². The smallest absolute Gasteiger partial charge is 0.238 e. The van der Waals surface area contributed by atoms with Gasteiger partial charge in [0, 0.05) is 22.7 Å². The fraction of sp³-hybridized carbons (Fsp3) is 0.562. The minimum Gasteiger partial charge on any atom is -0.328 e. The second-order valence-corrected chi connectivity index (χ2v) is 6.92. The van der Waals surface area contributed by atoms with Crippen LogP contribution in [-0.4, -0.2) is 36.5 Å². The number of carbonyl (C=O) groups is 1. The van der Waals surface area contributed by atoms with Crippen molar-refractivity contribution in [3.05, 3.63) is 28.2 Å². The van der Waals surface area contributed by atoms with Gasteiger partial charge < -0.3 is 11.1 Å². The number of halogens is 1. The molecule has 3 N–H and O–H groups in total. The average molecular weight is 354 g/mol. The molecule has 1 aromatic carbocycles. The van der Waals surface area contributed by atoms with Crippen LogP contribution in [0.2, 0.25) is 0 Å². The van der Waals surface area contributed by atoms with Gasteiger partial charge in [-0.2, -0.15) is 0 Å². The summed E-state index contributed by atoms with van der Waals surface area (Å²) in [6.45, 7) is 6.39. The van der Waals surface area contributed by atoms with Crippen LogP contribution in [0.25, 0.3) is 0 Å². The van der Waals surface area contributed by atoms with Crippen molar-refractivity contribution in [2.75, 3.05) is 25.0 Å². The molecule has 2 atom stereocenters. The third-order valence-electron chi connectivity index (χ3n) is 4.12. The quantitative estimate of drug-likeness (QED) is 0.874. The molecule has 116 valence electrons. The molecule has 21 heavy (non-hydrogen) atoms. The number of nitrogens with zero attached hydrogens (tertiary/aromatic N) is 1. The monoisotopic (exact) mass is 353 g/mol. The molecular weight excluding hydrogens is 330 g/mol. The number of aryl methyl sites for hydroxylation is 1. The Bertz CT molecular complexity index is 504. The normalized spacial score (nSPS) is 21.0. The minimum atomic E-state index is 0.0470. The Morgan fingerprint density at radius 2 is 2.33 bits per heavy atom. The van der Waals surface area contributed by atoms with Crippen LogP contribution in [-0.2, 0) is 4.79 Å². The Morgan fingerprint density at radius 3 is 3.00 bits per heavy atom. The number of hydrogen-bond donors (Lipinski definition) is 2. The van der Waals surface area contributed by atoms with Crippen LogP contribution in [0.3, 0.4) is 0 Å². The molecule has 1 saturated heterocycles. The number of carbonyl (C=O) groups excluding carboxylic acids is 1. The lowest BCUT2D eigenvalue weighted by Crippen LogP contribution is -2.45. The Balaban J connectivity index is 1.89. The van der Waals surface area contributed by atoms with E-state index in [9.17, 15) is 4.79 Å². The standard InChI is InChI=1S/C16H24BrN3O/c1-11-8-14(17)5-6-15(11)19-16(21)10-20-7-3-4-13(9-20)12(2)18/h5-6,8,12-13H,3-4,7,9-10,18H2,1-2H3,(H,19,21). The molecule has 1 fully saturated rings. The van der Waals surface area contributed by atoms with Gasteiger partial charge in [-0.25, -0.2) is 0 Å². The summed E-state index contributed by atoms with van der Waals surface area (Å²) in [7, 11) is 0. The lowest BCUT2D eigenvalue weighted by atomic mass is 9.92. The van der Waals surface area contributed by atoms with Crippen LogP contribution < -0.4 is 11.1 Å². The molecule has 1 aromatic rings. The van der Waals surface area contributed by atoms with E-state index in [0.717, 1.165) is 35.2 Å². The van der Waals surface area contributed by atoms with E-state index in [4.69, 9.17) is 5.73 Å². The van der Waals surface area contributed by atoms with Crippen molar-refractivity contribution in [3.8, 4) is 0 Å². The van der Waals surface area contributed by atoms with Gasteiger partial charge in [0.2, 0.25) is 5.91 Å². The highest BCUT2D eigenvalue weighted by atomic mass is 79.9. The first-order valence-electron chi connectivity index (χ1n) is 7.49. The van der Waals surface area contributed by atoms with Gasteiger partial charge in [0.15, 0.2) is 0 Å². The predicted octanol–water partition coefficient (Wildman–Crippen LogP) is 2.76. The zero-order chi connectivity index (χ0) is 15.4. The van der Waals surface area contributed by atoms with Gasteiger partial charge in [0.1, 0.15) is 0 Å². The number of benzene rings is 1. The van der Waals surface area contributed by atoms with Gasteiger partial charge >= 0.3 is 0 Å². The molecule has 1 amide bonds. The molecule has 0 saturated carbocycles. The zero-order valence-electron chi connectivity index (χ0n) is 12.7. The van der Waals surface area contributed by atoms with Crippen molar-refractivity contribution in [2.24, 2.45) is 11.7 Å². The number of anilines is 1. The number of nitrogens with one attached hydrogen (secondary N) is 1. The number of amides is 1. The second-order valence-electron chi connectivity index (χ2n) is 6.00. The highest BCUT2D eigenvalue weighted by Gasteiger charge is 2.23. The van der Waals surface area contributed by atoms with E-state index in [1.165, 1.54) is 6.42 Å². The molecule has 5 heteroatoms. The molecule has 1 aliphatic heterocycles. The number of piperidine rings is 1. The highest BCUT2D eigenvalue weighted by Crippen LogP contribution is 2.21. The van der Waals surface area contributed by atoms with E-state index in [-0.39, 0.29) is 11.9 Å². The fourth-order valence-electron chi connectivity index (χ4n) is 2.82.